The highest BCUT2D eigenvalue weighted by Gasteiger charge is 2.38. The fourth-order valence-electron chi connectivity index (χ4n) is 5.50. The summed E-state index contributed by atoms with van der Waals surface area (Å²) in [6, 6.07) is 24.0. The Hall–Kier alpha value is -3.15. The summed E-state index contributed by atoms with van der Waals surface area (Å²) in [5.74, 6) is 0.339. The largest absolute Gasteiger partial charge is 0.341 e. The summed E-state index contributed by atoms with van der Waals surface area (Å²) in [6.45, 7) is 4.39. The van der Waals surface area contributed by atoms with Crippen LogP contribution in [-0.4, -0.2) is 48.4 Å². The standard InChI is InChI=1S/C33H38ClN3O2/c1-23-12-13-27(21-29(23)34)28-22-31(28)35-18-8-11-30(33(39)37-19-6-3-7-20-37)36-32(38)26-16-14-25(15-17-26)24-9-4-2-5-10-24/h2,4-5,9-10,12-17,21,28,30-31,35H,3,6-8,11,18-20,22H2,1H3,(H,36,38)/t28-,30-,31?/m0/s1. The zero-order valence-corrected chi connectivity index (χ0v) is 23.4. The molecule has 5 rings (SSSR count). The van der Waals surface area contributed by atoms with Crippen LogP contribution in [0.15, 0.2) is 72.8 Å². The molecule has 2 amide bonds. The van der Waals surface area contributed by atoms with E-state index in [1.165, 1.54) is 5.56 Å². The van der Waals surface area contributed by atoms with Gasteiger partial charge in [-0.1, -0.05) is 66.2 Å². The van der Waals surface area contributed by atoms with Gasteiger partial charge in [-0.15, -0.1) is 0 Å². The third kappa shape index (κ3) is 7.09. The van der Waals surface area contributed by atoms with Crippen LogP contribution in [0, 0.1) is 6.92 Å². The van der Waals surface area contributed by atoms with Gasteiger partial charge in [0.05, 0.1) is 0 Å². The van der Waals surface area contributed by atoms with E-state index in [2.05, 4.69) is 41.0 Å². The Bertz CT molecular complexity index is 1270. The molecule has 1 aliphatic heterocycles. The first-order valence-electron chi connectivity index (χ1n) is 14.2. The third-order valence-corrected chi connectivity index (χ3v) is 8.42. The molecule has 0 aromatic heterocycles. The highest BCUT2D eigenvalue weighted by Crippen LogP contribution is 2.41. The van der Waals surface area contributed by atoms with E-state index in [-0.39, 0.29) is 11.8 Å². The number of piperidine rings is 1. The number of rotatable bonds is 10. The number of nitrogens with zero attached hydrogens (tertiary/aromatic N) is 1. The summed E-state index contributed by atoms with van der Waals surface area (Å²) in [5.41, 5.74) is 5.13. The van der Waals surface area contributed by atoms with Crippen LogP contribution >= 0.6 is 11.6 Å². The highest BCUT2D eigenvalue weighted by molar-refractivity contribution is 6.31. The molecule has 3 aromatic carbocycles. The fourth-order valence-corrected chi connectivity index (χ4v) is 5.69. The minimum Gasteiger partial charge on any atom is -0.341 e. The van der Waals surface area contributed by atoms with Crippen molar-refractivity contribution >= 4 is 23.4 Å². The summed E-state index contributed by atoms with van der Waals surface area (Å²) in [4.78, 5) is 28.5. The van der Waals surface area contributed by atoms with Crippen LogP contribution in [-0.2, 0) is 4.79 Å². The van der Waals surface area contributed by atoms with E-state index in [1.807, 2.05) is 54.3 Å². The lowest BCUT2D eigenvalue weighted by atomic mass is 10.0. The van der Waals surface area contributed by atoms with Gasteiger partial charge in [-0.3, -0.25) is 9.59 Å². The molecule has 5 nitrogen and oxygen atoms in total. The smallest absolute Gasteiger partial charge is 0.251 e. The van der Waals surface area contributed by atoms with Gasteiger partial charge in [0, 0.05) is 35.6 Å². The van der Waals surface area contributed by atoms with Crippen LogP contribution in [0.25, 0.3) is 11.1 Å². The minimum absolute atomic E-state index is 0.0440. The van der Waals surface area contributed by atoms with Gasteiger partial charge < -0.3 is 15.5 Å². The first-order valence-corrected chi connectivity index (χ1v) is 14.6. The molecule has 3 aromatic rings. The summed E-state index contributed by atoms with van der Waals surface area (Å²) in [7, 11) is 0. The van der Waals surface area contributed by atoms with Crippen molar-refractivity contribution in [1.82, 2.24) is 15.5 Å². The summed E-state index contributed by atoms with van der Waals surface area (Å²) in [6.07, 6.45) is 5.75. The predicted molar refractivity (Wildman–Crippen MR) is 158 cm³/mol. The molecule has 2 fully saturated rings. The topological polar surface area (TPSA) is 61.4 Å². The molecule has 0 spiro atoms. The number of amides is 2. The van der Waals surface area contributed by atoms with Gasteiger partial charge in [-0.25, -0.2) is 0 Å². The van der Waals surface area contributed by atoms with Gasteiger partial charge in [-0.05, 0) is 92.4 Å². The first kappa shape index (κ1) is 27.4. The monoisotopic (exact) mass is 543 g/mol. The van der Waals surface area contributed by atoms with Crippen molar-refractivity contribution in [3.63, 3.8) is 0 Å². The number of likely N-dealkylation sites (tertiary alicyclic amines) is 1. The molecule has 6 heteroatoms. The van der Waals surface area contributed by atoms with Crippen LogP contribution in [0.2, 0.25) is 5.02 Å². The lowest BCUT2D eigenvalue weighted by molar-refractivity contribution is -0.134. The summed E-state index contributed by atoms with van der Waals surface area (Å²) < 4.78 is 0. The van der Waals surface area contributed by atoms with Crippen LogP contribution in [0.4, 0.5) is 0 Å². The van der Waals surface area contributed by atoms with Crippen LogP contribution < -0.4 is 10.6 Å². The van der Waals surface area contributed by atoms with Crippen molar-refractivity contribution in [2.75, 3.05) is 19.6 Å². The van der Waals surface area contributed by atoms with Gasteiger partial charge in [0.15, 0.2) is 0 Å². The quantitative estimate of drug-likeness (QED) is 0.293. The van der Waals surface area contributed by atoms with Crippen LogP contribution in [0.1, 0.15) is 65.9 Å². The number of carbonyl (C=O) groups is 2. The van der Waals surface area contributed by atoms with E-state index < -0.39 is 6.04 Å². The molecule has 1 heterocycles. The van der Waals surface area contributed by atoms with Gasteiger partial charge in [0.25, 0.3) is 5.91 Å². The van der Waals surface area contributed by atoms with Crippen molar-refractivity contribution in [1.29, 1.82) is 0 Å². The van der Waals surface area contributed by atoms with Gasteiger partial charge in [-0.2, -0.15) is 0 Å². The maximum atomic E-state index is 13.4. The first-order chi connectivity index (χ1) is 19.0. The summed E-state index contributed by atoms with van der Waals surface area (Å²) >= 11 is 6.32. The van der Waals surface area contributed by atoms with Gasteiger partial charge in [0.2, 0.25) is 5.91 Å². The van der Waals surface area contributed by atoms with E-state index >= 15 is 0 Å². The molecule has 2 N–H and O–H groups in total. The van der Waals surface area contributed by atoms with E-state index in [0.29, 0.717) is 23.9 Å². The van der Waals surface area contributed by atoms with Crippen molar-refractivity contribution in [3.05, 3.63) is 94.5 Å². The Balaban J connectivity index is 1.16. The second-order valence-corrected chi connectivity index (χ2v) is 11.3. The van der Waals surface area contributed by atoms with Crippen LogP contribution in [0.5, 0.6) is 0 Å². The Morgan fingerprint density at radius 2 is 1.67 bits per heavy atom. The second kappa shape index (κ2) is 12.8. The van der Waals surface area contributed by atoms with E-state index in [0.717, 1.165) is 73.5 Å². The number of carbonyl (C=O) groups excluding carboxylic acids is 2. The van der Waals surface area contributed by atoms with Crippen LogP contribution in [0.3, 0.4) is 0 Å². The fraction of sp³-hybridized carbons (Fsp3) is 0.394. The number of benzene rings is 3. The van der Waals surface area contributed by atoms with E-state index in [4.69, 9.17) is 11.6 Å². The average Bonchev–Trinajstić information content (AvgIpc) is 3.76. The van der Waals surface area contributed by atoms with Crippen molar-refractivity contribution in [3.8, 4) is 11.1 Å². The molecule has 204 valence electrons. The number of hydrogen-bond donors (Lipinski definition) is 2. The summed E-state index contributed by atoms with van der Waals surface area (Å²) in [5, 5.41) is 7.53. The predicted octanol–water partition coefficient (Wildman–Crippen LogP) is 6.35. The van der Waals surface area contributed by atoms with Gasteiger partial charge in [0.1, 0.15) is 6.04 Å². The lowest BCUT2D eigenvalue weighted by Crippen LogP contribution is -2.50. The Kier molecular flexibility index (Phi) is 9.00. The molecule has 39 heavy (non-hydrogen) atoms. The number of hydrogen-bond acceptors (Lipinski definition) is 3. The van der Waals surface area contributed by atoms with E-state index in [9.17, 15) is 9.59 Å². The lowest BCUT2D eigenvalue weighted by Gasteiger charge is -2.31. The molecule has 0 radical (unpaired) electrons. The molecule has 1 saturated heterocycles. The Morgan fingerprint density at radius 1 is 0.949 bits per heavy atom. The Labute approximate surface area is 236 Å². The molecular formula is C33H38ClN3O2. The maximum absolute atomic E-state index is 13.4. The second-order valence-electron chi connectivity index (χ2n) is 10.9. The molecule has 1 aliphatic carbocycles. The maximum Gasteiger partial charge on any atom is 0.251 e. The number of halogens is 1. The minimum atomic E-state index is -0.517. The van der Waals surface area contributed by atoms with Crippen molar-refractivity contribution < 1.29 is 9.59 Å². The average molecular weight is 544 g/mol. The molecule has 3 atom stereocenters. The SMILES string of the molecule is Cc1ccc([C@@H]2CC2NCCC[C@H](NC(=O)c2ccc(-c3ccccc3)cc2)C(=O)N2CCCCC2)cc1Cl. The van der Waals surface area contributed by atoms with Crippen molar-refractivity contribution in [2.45, 2.75) is 63.5 Å². The highest BCUT2D eigenvalue weighted by atomic mass is 35.5. The molecular weight excluding hydrogens is 506 g/mol. The number of nitrogens with one attached hydrogen (secondary N) is 2. The molecule has 1 saturated carbocycles. The molecule has 2 aliphatic rings. The van der Waals surface area contributed by atoms with Crippen molar-refractivity contribution in [2.24, 2.45) is 0 Å². The Morgan fingerprint density at radius 3 is 2.38 bits per heavy atom. The van der Waals surface area contributed by atoms with E-state index in [1.54, 1.807) is 0 Å². The third-order valence-electron chi connectivity index (χ3n) is 8.02. The molecule has 0 bridgehead atoms. The molecule has 1 unspecified atom stereocenters. The number of aryl methyl sites for hydroxylation is 1. The van der Waals surface area contributed by atoms with Gasteiger partial charge >= 0.3 is 0 Å². The zero-order valence-electron chi connectivity index (χ0n) is 22.7. The zero-order chi connectivity index (χ0) is 27.2. The normalized spacial score (nSPS) is 19.4.